The van der Waals surface area contributed by atoms with Crippen LogP contribution in [0.2, 0.25) is 5.02 Å². The standard InChI is InChI=1S/C21H17ClN4O3S2/c1-12(27)23-20(30)24-15-5-7-16(8-6-15)25-21(31)26-19(28)18-10-9-17(29-18)13-3-2-4-14(22)11-13/h2-11H,1H3,(H2,23,24,27,30)(H2,25,26,28,31). The van der Waals surface area contributed by atoms with Gasteiger partial charge in [0.15, 0.2) is 16.0 Å². The first-order chi connectivity index (χ1) is 14.8. The van der Waals surface area contributed by atoms with E-state index in [1.807, 2.05) is 6.07 Å². The second kappa shape index (κ2) is 10.2. The molecule has 0 spiro atoms. The molecule has 0 atom stereocenters. The van der Waals surface area contributed by atoms with Crippen molar-refractivity contribution in [3.8, 4) is 11.3 Å². The number of rotatable bonds is 4. The van der Waals surface area contributed by atoms with Gasteiger partial charge in [0.25, 0.3) is 5.91 Å². The summed E-state index contributed by atoms with van der Waals surface area (Å²) in [6.45, 7) is 1.37. The fourth-order valence-corrected chi connectivity index (χ4v) is 3.21. The van der Waals surface area contributed by atoms with Gasteiger partial charge < -0.3 is 20.4 Å². The Bertz CT molecular complexity index is 1150. The second-order valence-corrected chi connectivity index (χ2v) is 7.55. The first kappa shape index (κ1) is 22.4. The van der Waals surface area contributed by atoms with E-state index in [0.717, 1.165) is 5.56 Å². The van der Waals surface area contributed by atoms with E-state index in [9.17, 15) is 9.59 Å². The Kier molecular flexibility index (Phi) is 7.35. The zero-order valence-electron chi connectivity index (χ0n) is 16.2. The topological polar surface area (TPSA) is 95.4 Å². The minimum Gasteiger partial charge on any atom is -0.451 e. The van der Waals surface area contributed by atoms with Crippen molar-refractivity contribution in [3.63, 3.8) is 0 Å². The molecule has 1 aromatic heterocycles. The van der Waals surface area contributed by atoms with Crippen molar-refractivity contribution >= 4 is 69.5 Å². The Morgan fingerprint density at radius 3 is 2.06 bits per heavy atom. The molecule has 10 heteroatoms. The number of anilines is 2. The third-order valence-electron chi connectivity index (χ3n) is 3.86. The zero-order valence-corrected chi connectivity index (χ0v) is 18.6. The lowest BCUT2D eigenvalue weighted by atomic mass is 10.2. The van der Waals surface area contributed by atoms with Crippen LogP contribution in [0.15, 0.2) is 65.1 Å². The van der Waals surface area contributed by atoms with Crippen LogP contribution in [0.5, 0.6) is 0 Å². The van der Waals surface area contributed by atoms with Crippen LogP contribution in [0.3, 0.4) is 0 Å². The number of halogens is 1. The highest BCUT2D eigenvalue weighted by Crippen LogP contribution is 2.24. The van der Waals surface area contributed by atoms with Crippen molar-refractivity contribution in [2.75, 3.05) is 10.6 Å². The summed E-state index contributed by atoms with van der Waals surface area (Å²) in [4.78, 5) is 23.4. The highest BCUT2D eigenvalue weighted by Gasteiger charge is 2.14. The number of hydrogen-bond donors (Lipinski definition) is 4. The third-order valence-corrected chi connectivity index (χ3v) is 4.50. The molecule has 0 unspecified atom stereocenters. The summed E-state index contributed by atoms with van der Waals surface area (Å²) in [6.07, 6.45) is 0. The highest BCUT2D eigenvalue weighted by molar-refractivity contribution is 7.80. The number of furan rings is 1. The molecule has 0 saturated carbocycles. The molecule has 3 rings (SSSR count). The van der Waals surface area contributed by atoms with Gasteiger partial charge in [0.2, 0.25) is 5.91 Å². The van der Waals surface area contributed by atoms with Crippen molar-refractivity contribution in [3.05, 3.63) is 71.4 Å². The largest absolute Gasteiger partial charge is 0.451 e. The molecule has 0 radical (unpaired) electrons. The van der Waals surface area contributed by atoms with Crippen molar-refractivity contribution in [1.29, 1.82) is 0 Å². The summed E-state index contributed by atoms with van der Waals surface area (Å²) in [5.74, 6) is -0.102. The van der Waals surface area contributed by atoms with E-state index < -0.39 is 5.91 Å². The summed E-state index contributed by atoms with van der Waals surface area (Å²) in [7, 11) is 0. The molecule has 0 aliphatic heterocycles. The quantitative estimate of drug-likeness (QED) is 0.413. The molecule has 31 heavy (non-hydrogen) atoms. The minimum atomic E-state index is -0.482. The molecule has 2 aromatic carbocycles. The Labute approximate surface area is 194 Å². The maximum absolute atomic E-state index is 12.4. The minimum absolute atomic E-state index is 0.111. The van der Waals surface area contributed by atoms with Crippen LogP contribution in [0.4, 0.5) is 11.4 Å². The highest BCUT2D eigenvalue weighted by atomic mass is 35.5. The lowest BCUT2D eigenvalue weighted by Gasteiger charge is -2.11. The Morgan fingerprint density at radius 2 is 1.48 bits per heavy atom. The van der Waals surface area contributed by atoms with Gasteiger partial charge in [-0.15, -0.1) is 0 Å². The molecule has 0 aliphatic carbocycles. The van der Waals surface area contributed by atoms with Gasteiger partial charge in [-0.05, 0) is 73.0 Å². The normalized spacial score (nSPS) is 10.1. The van der Waals surface area contributed by atoms with Crippen LogP contribution in [0.1, 0.15) is 17.5 Å². The van der Waals surface area contributed by atoms with Gasteiger partial charge >= 0.3 is 0 Å². The molecule has 3 aromatic rings. The van der Waals surface area contributed by atoms with Gasteiger partial charge in [-0.25, -0.2) is 0 Å². The van der Waals surface area contributed by atoms with Crippen molar-refractivity contribution in [2.24, 2.45) is 0 Å². The molecule has 4 N–H and O–H groups in total. The van der Waals surface area contributed by atoms with Gasteiger partial charge in [0.1, 0.15) is 5.76 Å². The fourth-order valence-electron chi connectivity index (χ4n) is 2.54. The van der Waals surface area contributed by atoms with Crippen LogP contribution < -0.4 is 21.3 Å². The maximum Gasteiger partial charge on any atom is 0.293 e. The number of benzene rings is 2. The van der Waals surface area contributed by atoms with Gasteiger partial charge in [0, 0.05) is 28.9 Å². The maximum atomic E-state index is 12.4. The Balaban J connectivity index is 1.55. The fraction of sp³-hybridized carbons (Fsp3) is 0.0476. The van der Waals surface area contributed by atoms with Gasteiger partial charge in [0.05, 0.1) is 0 Å². The molecule has 158 valence electrons. The number of carbonyl (C=O) groups excluding carboxylic acids is 2. The summed E-state index contributed by atoms with van der Waals surface area (Å²) in [5, 5.41) is 11.7. The van der Waals surface area contributed by atoms with Crippen LogP contribution in [0.25, 0.3) is 11.3 Å². The van der Waals surface area contributed by atoms with E-state index in [-0.39, 0.29) is 21.9 Å². The van der Waals surface area contributed by atoms with Crippen molar-refractivity contribution in [1.82, 2.24) is 10.6 Å². The summed E-state index contributed by atoms with van der Waals surface area (Å²) < 4.78 is 5.61. The van der Waals surface area contributed by atoms with Crippen LogP contribution in [-0.2, 0) is 4.79 Å². The predicted octanol–water partition coefficient (Wildman–Crippen LogP) is 4.56. The molecule has 0 bridgehead atoms. The average molecular weight is 473 g/mol. The molecule has 1 heterocycles. The molecule has 0 aliphatic rings. The van der Waals surface area contributed by atoms with E-state index in [1.54, 1.807) is 54.6 Å². The van der Waals surface area contributed by atoms with Gasteiger partial charge in [-0.2, -0.15) is 0 Å². The Hall–Kier alpha value is -3.27. The SMILES string of the molecule is CC(=O)NC(=S)Nc1ccc(NC(=S)NC(=O)c2ccc(-c3cccc(Cl)c3)o2)cc1. The molecular formula is C21H17ClN4O3S2. The van der Waals surface area contributed by atoms with E-state index in [1.165, 1.54) is 6.92 Å². The molecular weight excluding hydrogens is 456 g/mol. The molecule has 7 nitrogen and oxygen atoms in total. The van der Waals surface area contributed by atoms with Crippen LogP contribution >= 0.6 is 36.0 Å². The number of nitrogens with one attached hydrogen (secondary N) is 4. The smallest absolute Gasteiger partial charge is 0.293 e. The molecule has 0 fully saturated rings. The molecule has 2 amide bonds. The monoisotopic (exact) mass is 472 g/mol. The number of thiocarbonyl (C=S) groups is 2. The van der Waals surface area contributed by atoms with Crippen molar-refractivity contribution < 1.29 is 14.0 Å². The van der Waals surface area contributed by atoms with Gasteiger partial charge in [-0.1, -0.05) is 23.7 Å². The second-order valence-electron chi connectivity index (χ2n) is 6.30. The van der Waals surface area contributed by atoms with Crippen LogP contribution in [0, 0.1) is 0 Å². The predicted molar refractivity (Wildman–Crippen MR) is 129 cm³/mol. The lowest BCUT2D eigenvalue weighted by Crippen LogP contribution is -2.34. The lowest BCUT2D eigenvalue weighted by molar-refractivity contribution is -0.117. The van der Waals surface area contributed by atoms with E-state index in [4.69, 9.17) is 40.5 Å². The number of hydrogen-bond acceptors (Lipinski definition) is 5. The van der Waals surface area contributed by atoms with E-state index >= 15 is 0 Å². The van der Waals surface area contributed by atoms with Gasteiger partial charge in [-0.3, -0.25) is 14.9 Å². The summed E-state index contributed by atoms with van der Waals surface area (Å²) >= 11 is 16.2. The average Bonchev–Trinajstić information content (AvgIpc) is 3.19. The zero-order chi connectivity index (χ0) is 22.4. The number of carbonyl (C=O) groups is 2. The summed E-state index contributed by atoms with van der Waals surface area (Å²) in [5.41, 5.74) is 2.10. The summed E-state index contributed by atoms with van der Waals surface area (Å²) in [6, 6.07) is 17.3. The number of amides is 2. The molecule has 0 saturated heterocycles. The first-order valence-corrected chi connectivity index (χ1v) is 10.2. The van der Waals surface area contributed by atoms with E-state index in [2.05, 4.69) is 21.3 Å². The Morgan fingerprint density at radius 1 is 0.871 bits per heavy atom. The van der Waals surface area contributed by atoms with E-state index in [0.29, 0.717) is 22.2 Å². The first-order valence-electron chi connectivity index (χ1n) is 8.97. The third kappa shape index (κ3) is 6.61. The van der Waals surface area contributed by atoms with Crippen molar-refractivity contribution in [2.45, 2.75) is 6.92 Å². The van der Waals surface area contributed by atoms with Crippen LogP contribution in [-0.4, -0.2) is 22.0 Å².